The fourth-order valence-corrected chi connectivity index (χ4v) is 6.02. The van der Waals surface area contributed by atoms with E-state index in [9.17, 15) is 4.79 Å². The molecule has 1 fully saturated rings. The topological polar surface area (TPSA) is 98.7 Å². The van der Waals surface area contributed by atoms with E-state index in [-0.39, 0.29) is 11.7 Å². The van der Waals surface area contributed by atoms with Crippen LogP contribution in [0.5, 0.6) is 0 Å². The molecule has 0 bridgehead atoms. The molecule has 0 saturated heterocycles. The molecule has 9 heteroatoms. The number of amides is 1. The molecule has 0 atom stereocenters. The first-order valence-corrected chi connectivity index (χ1v) is 12.5. The Morgan fingerprint density at radius 1 is 1.22 bits per heavy atom. The molecule has 3 N–H and O–H groups in total. The Kier molecular flexibility index (Phi) is 5.84. The molecule has 1 aliphatic carbocycles. The first-order valence-electron chi connectivity index (χ1n) is 10.7. The molecule has 1 aromatic carbocycles. The quantitative estimate of drug-likeness (QED) is 0.376. The maximum absolute atomic E-state index is 12.6. The van der Waals surface area contributed by atoms with E-state index in [2.05, 4.69) is 25.1 Å². The van der Waals surface area contributed by atoms with Gasteiger partial charge in [0.1, 0.15) is 4.83 Å². The summed E-state index contributed by atoms with van der Waals surface area (Å²) < 4.78 is 2.19. The average Bonchev–Trinajstić information content (AvgIpc) is 3.53. The van der Waals surface area contributed by atoms with Gasteiger partial charge < -0.3 is 11.1 Å². The van der Waals surface area contributed by atoms with Gasteiger partial charge in [-0.3, -0.25) is 9.36 Å². The van der Waals surface area contributed by atoms with E-state index in [4.69, 9.17) is 5.73 Å². The molecule has 1 aliphatic rings. The lowest BCUT2D eigenvalue weighted by molar-refractivity contribution is -0.113. The van der Waals surface area contributed by atoms with Crippen LogP contribution in [-0.4, -0.2) is 31.4 Å². The molecule has 7 nitrogen and oxygen atoms in total. The minimum Gasteiger partial charge on any atom is -0.397 e. The lowest BCUT2D eigenvalue weighted by Crippen LogP contribution is -2.16. The van der Waals surface area contributed by atoms with Gasteiger partial charge in [-0.25, -0.2) is 4.98 Å². The summed E-state index contributed by atoms with van der Waals surface area (Å²) in [4.78, 5) is 18.8. The number of carbonyl (C=O) groups is 1. The predicted octanol–water partition coefficient (Wildman–Crippen LogP) is 5.29. The van der Waals surface area contributed by atoms with E-state index in [1.54, 1.807) is 17.5 Å². The Labute approximate surface area is 194 Å². The largest absolute Gasteiger partial charge is 0.397 e. The zero-order valence-electron chi connectivity index (χ0n) is 17.7. The van der Waals surface area contributed by atoms with E-state index in [0.717, 1.165) is 50.2 Å². The van der Waals surface area contributed by atoms with Gasteiger partial charge in [0, 0.05) is 23.3 Å². The Bertz CT molecular complexity index is 1270. The number of carbonyl (C=O) groups excluding carboxylic acids is 1. The smallest absolute Gasteiger partial charge is 0.234 e. The Balaban J connectivity index is 1.43. The number of nitrogen functional groups attached to an aromatic ring is 1. The highest BCUT2D eigenvalue weighted by atomic mass is 32.2. The third-order valence-electron chi connectivity index (χ3n) is 5.81. The van der Waals surface area contributed by atoms with Crippen LogP contribution in [0.3, 0.4) is 0 Å². The van der Waals surface area contributed by atoms with E-state index in [1.165, 1.54) is 24.6 Å². The van der Waals surface area contributed by atoms with Crippen molar-refractivity contribution in [3.8, 4) is 10.7 Å². The zero-order valence-corrected chi connectivity index (χ0v) is 19.4. The number of pyridine rings is 1. The third-order valence-corrected chi connectivity index (χ3v) is 7.88. The van der Waals surface area contributed by atoms with Crippen molar-refractivity contribution in [1.82, 2.24) is 19.7 Å². The normalized spacial score (nSPS) is 14.3. The highest BCUT2D eigenvalue weighted by molar-refractivity contribution is 7.99. The fraction of sp³-hybridized carbons (Fsp3) is 0.304. The molecule has 0 aliphatic heterocycles. The summed E-state index contributed by atoms with van der Waals surface area (Å²) in [6.45, 7) is 1.98. The highest BCUT2D eigenvalue weighted by Crippen LogP contribution is 2.43. The van der Waals surface area contributed by atoms with Gasteiger partial charge in [0.2, 0.25) is 5.91 Å². The van der Waals surface area contributed by atoms with Crippen LogP contribution in [0, 0.1) is 6.92 Å². The number of thioether (sulfide) groups is 1. The molecule has 1 amide bonds. The minimum absolute atomic E-state index is 0.0580. The summed E-state index contributed by atoms with van der Waals surface area (Å²) in [5, 5.41) is 13.7. The lowest BCUT2D eigenvalue weighted by atomic mass is 10.2. The Hall–Kier alpha value is -2.91. The van der Waals surface area contributed by atoms with E-state index in [1.807, 2.05) is 43.3 Å². The molecule has 4 aromatic rings. The van der Waals surface area contributed by atoms with Crippen LogP contribution in [-0.2, 0) is 4.79 Å². The number of nitrogens with one attached hydrogen (secondary N) is 1. The third kappa shape index (κ3) is 3.98. The number of nitrogens with zero attached hydrogens (tertiary/aromatic N) is 4. The summed E-state index contributed by atoms with van der Waals surface area (Å²) in [5.41, 5.74) is 9.05. The van der Waals surface area contributed by atoms with Crippen LogP contribution in [0.2, 0.25) is 0 Å². The van der Waals surface area contributed by atoms with Gasteiger partial charge in [-0.05, 0) is 43.5 Å². The second-order valence-electron chi connectivity index (χ2n) is 7.97. The second kappa shape index (κ2) is 8.91. The average molecular weight is 465 g/mol. The predicted molar refractivity (Wildman–Crippen MR) is 131 cm³/mol. The lowest BCUT2D eigenvalue weighted by Gasteiger charge is -2.16. The Morgan fingerprint density at radius 3 is 2.81 bits per heavy atom. The number of thiophene rings is 1. The number of fused-ring (bicyclic) bond motifs is 1. The molecule has 0 unspecified atom stereocenters. The summed E-state index contributed by atoms with van der Waals surface area (Å²) in [7, 11) is 0. The molecular weight excluding hydrogens is 440 g/mol. The molecule has 3 aromatic heterocycles. The minimum atomic E-state index is -0.0580. The molecule has 3 heterocycles. The zero-order chi connectivity index (χ0) is 22.1. The fourth-order valence-electron chi connectivity index (χ4n) is 4.17. The molecular formula is C23H24N6OS2. The van der Waals surface area contributed by atoms with Gasteiger partial charge in [0.15, 0.2) is 11.0 Å². The van der Waals surface area contributed by atoms with Crippen molar-refractivity contribution in [3.63, 3.8) is 0 Å². The molecule has 1 saturated carbocycles. The van der Waals surface area contributed by atoms with Gasteiger partial charge >= 0.3 is 0 Å². The van der Waals surface area contributed by atoms with Crippen molar-refractivity contribution in [3.05, 3.63) is 48.2 Å². The number of nitrogens with two attached hydrogens (primary N) is 1. The van der Waals surface area contributed by atoms with Crippen molar-refractivity contribution in [1.29, 1.82) is 0 Å². The van der Waals surface area contributed by atoms with Crippen LogP contribution in [0.25, 0.3) is 20.9 Å². The van der Waals surface area contributed by atoms with Crippen LogP contribution in [0.4, 0.5) is 11.4 Å². The Morgan fingerprint density at radius 2 is 2.03 bits per heavy atom. The number of aryl methyl sites for hydroxylation is 1. The monoisotopic (exact) mass is 464 g/mol. The first kappa shape index (κ1) is 21.0. The van der Waals surface area contributed by atoms with E-state index in [0.29, 0.717) is 11.7 Å². The molecule has 164 valence electrons. The summed E-state index contributed by atoms with van der Waals surface area (Å²) in [6, 6.07) is 12.0. The number of anilines is 2. The van der Waals surface area contributed by atoms with Crippen molar-refractivity contribution in [2.75, 3.05) is 16.8 Å². The number of para-hydroxylation sites is 1. The van der Waals surface area contributed by atoms with Crippen LogP contribution < -0.4 is 11.1 Å². The number of benzene rings is 1. The van der Waals surface area contributed by atoms with E-state index < -0.39 is 0 Å². The van der Waals surface area contributed by atoms with Crippen molar-refractivity contribution >= 4 is 50.6 Å². The van der Waals surface area contributed by atoms with Gasteiger partial charge in [-0.15, -0.1) is 21.5 Å². The van der Waals surface area contributed by atoms with Crippen LogP contribution >= 0.6 is 23.1 Å². The number of hydrogen-bond donors (Lipinski definition) is 2. The summed E-state index contributed by atoms with van der Waals surface area (Å²) in [5.74, 6) is 0.986. The van der Waals surface area contributed by atoms with Gasteiger partial charge in [0.25, 0.3) is 0 Å². The maximum atomic E-state index is 12.6. The van der Waals surface area contributed by atoms with E-state index >= 15 is 0 Å². The molecule has 32 heavy (non-hydrogen) atoms. The molecule has 0 spiro atoms. The first-order chi connectivity index (χ1) is 15.6. The molecule has 5 rings (SSSR count). The van der Waals surface area contributed by atoms with Crippen molar-refractivity contribution < 1.29 is 4.79 Å². The summed E-state index contributed by atoms with van der Waals surface area (Å²) >= 11 is 2.96. The van der Waals surface area contributed by atoms with Crippen molar-refractivity contribution in [2.45, 2.75) is 43.8 Å². The highest BCUT2D eigenvalue weighted by Gasteiger charge is 2.27. The van der Waals surface area contributed by atoms with Gasteiger partial charge in [-0.2, -0.15) is 0 Å². The number of hydrogen-bond acceptors (Lipinski definition) is 7. The van der Waals surface area contributed by atoms with Gasteiger partial charge in [-0.1, -0.05) is 42.8 Å². The maximum Gasteiger partial charge on any atom is 0.234 e. The SMILES string of the molecule is Cc1ccccc1NC(=O)CSc1nnc(-c2sc3ncccc3c2N)n1C1CCCC1. The standard InChI is InChI=1S/C23H24N6OS2/c1-14-7-2-5-11-17(14)26-18(30)13-31-23-28-27-21(29(23)15-8-3-4-9-15)20-19(24)16-10-6-12-25-22(16)32-20/h2,5-7,10-12,15H,3-4,8-9,13,24H2,1H3,(H,26,30). The van der Waals surface area contributed by atoms with Crippen molar-refractivity contribution in [2.24, 2.45) is 0 Å². The van der Waals surface area contributed by atoms with Crippen LogP contribution in [0.1, 0.15) is 37.3 Å². The van der Waals surface area contributed by atoms with Gasteiger partial charge in [0.05, 0.1) is 16.3 Å². The number of rotatable bonds is 6. The second-order valence-corrected chi connectivity index (χ2v) is 9.91. The summed E-state index contributed by atoms with van der Waals surface area (Å²) in [6.07, 6.45) is 6.31. The molecule has 0 radical (unpaired) electrons. The number of aromatic nitrogens is 4. The van der Waals surface area contributed by atoms with Crippen LogP contribution in [0.15, 0.2) is 47.8 Å².